The maximum absolute atomic E-state index is 13.5. The first-order chi connectivity index (χ1) is 8.18. The topological polar surface area (TPSA) is 46.5 Å². The summed E-state index contributed by atoms with van der Waals surface area (Å²) in [5.41, 5.74) is -0.165. The number of rotatable bonds is 4. The van der Waals surface area contributed by atoms with Gasteiger partial charge in [0, 0.05) is 4.88 Å². The maximum Gasteiger partial charge on any atom is 0.339 e. The van der Waals surface area contributed by atoms with Gasteiger partial charge in [-0.05, 0) is 23.6 Å². The molecule has 1 aromatic carbocycles. The first-order valence-electron chi connectivity index (χ1n) is 4.85. The maximum atomic E-state index is 13.5. The van der Waals surface area contributed by atoms with Crippen LogP contribution >= 0.6 is 11.3 Å². The van der Waals surface area contributed by atoms with Crippen molar-refractivity contribution >= 4 is 17.3 Å². The van der Waals surface area contributed by atoms with E-state index in [9.17, 15) is 9.18 Å². The molecule has 1 heterocycles. The average Bonchev–Trinajstić information content (AvgIpc) is 2.80. The molecule has 0 saturated heterocycles. The smallest absolute Gasteiger partial charge is 0.339 e. The van der Waals surface area contributed by atoms with Crippen LogP contribution in [0.1, 0.15) is 15.2 Å². The lowest BCUT2D eigenvalue weighted by Gasteiger charge is -2.08. The zero-order valence-corrected chi connectivity index (χ0v) is 9.54. The molecule has 2 aromatic rings. The Bertz CT molecular complexity index is 523. The van der Waals surface area contributed by atoms with Gasteiger partial charge in [-0.25, -0.2) is 9.18 Å². The molecule has 1 N–H and O–H groups in total. The van der Waals surface area contributed by atoms with E-state index < -0.39 is 11.8 Å². The molecule has 0 amide bonds. The van der Waals surface area contributed by atoms with Crippen LogP contribution in [0.5, 0.6) is 5.75 Å². The first-order valence-corrected chi connectivity index (χ1v) is 5.73. The highest BCUT2D eigenvalue weighted by molar-refractivity contribution is 7.09. The second-order valence-corrected chi connectivity index (χ2v) is 4.32. The van der Waals surface area contributed by atoms with Gasteiger partial charge in [-0.2, -0.15) is 0 Å². The van der Waals surface area contributed by atoms with Crippen LogP contribution in [0.4, 0.5) is 4.39 Å². The molecular weight excluding hydrogens is 243 g/mol. The van der Waals surface area contributed by atoms with E-state index in [0.29, 0.717) is 0 Å². The highest BCUT2D eigenvalue weighted by Crippen LogP contribution is 2.24. The number of hydrogen-bond donors (Lipinski definition) is 1. The minimum atomic E-state index is -1.20. The summed E-state index contributed by atoms with van der Waals surface area (Å²) in [6.45, 7) is 0.166. The minimum absolute atomic E-state index is 0.165. The summed E-state index contributed by atoms with van der Waals surface area (Å²) < 4.78 is 18.7. The van der Waals surface area contributed by atoms with Crippen LogP contribution in [-0.2, 0) is 6.61 Å². The number of halogens is 1. The summed E-state index contributed by atoms with van der Waals surface area (Å²) in [6, 6.07) is 7.52. The molecule has 0 atom stereocenters. The Balaban J connectivity index is 2.22. The Labute approximate surface area is 101 Å². The lowest BCUT2D eigenvalue weighted by atomic mass is 10.2. The van der Waals surface area contributed by atoms with Crippen molar-refractivity contribution < 1.29 is 19.0 Å². The summed E-state index contributed by atoms with van der Waals surface area (Å²) in [5.74, 6) is -2.08. The summed E-state index contributed by atoms with van der Waals surface area (Å²) in [5, 5.41) is 10.8. The van der Waals surface area contributed by atoms with E-state index in [4.69, 9.17) is 9.84 Å². The number of ether oxygens (including phenoxy) is 1. The largest absolute Gasteiger partial charge is 0.484 e. The van der Waals surface area contributed by atoms with Gasteiger partial charge >= 0.3 is 5.97 Å². The van der Waals surface area contributed by atoms with Gasteiger partial charge in [-0.1, -0.05) is 12.1 Å². The molecule has 5 heteroatoms. The van der Waals surface area contributed by atoms with Gasteiger partial charge in [-0.15, -0.1) is 11.3 Å². The van der Waals surface area contributed by atoms with Crippen molar-refractivity contribution in [2.24, 2.45) is 0 Å². The van der Waals surface area contributed by atoms with Crippen LogP contribution in [0.25, 0.3) is 0 Å². The molecular formula is C12H9FO3S. The fraction of sp³-hybridized carbons (Fsp3) is 0.0833. The minimum Gasteiger partial charge on any atom is -0.484 e. The van der Waals surface area contributed by atoms with Crippen molar-refractivity contribution in [1.29, 1.82) is 0 Å². The molecule has 0 radical (unpaired) electrons. The molecule has 1 aromatic heterocycles. The first kappa shape index (κ1) is 11.6. The summed E-state index contributed by atoms with van der Waals surface area (Å²) in [6.07, 6.45) is 0. The molecule has 0 saturated carbocycles. The highest BCUT2D eigenvalue weighted by Gasteiger charge is 2.15. The van der Waals surface area contributed by atoms with Gasteiger partial charge in [-0.3, -0.25) is 0 Å². The Morgan fingerprint density at radius 3 is 2.82 bits per heavy atom. The van der Waals surface area contributed by atoms with E-state index in [1.807, 2.05) is 17.5 Å². The summed E-state index contributed by atoms with van der Waals surface area (Å²) in [4.78, 5) is 11.8. The van der Waals surface area contributed by atoms with Gasteiger partial charge < -0.3 is 9.84 Å². The van der Waals surface area contributed by atoms with E-state index >= 15 is 0 Å². The number of benzene rings is 1. The Hall–Kier alpha value is -1.88. The molecule has 0 aliphatic heterocycles. The van der Waals surface area contributed by atoms with Gasteiger partial charge in [0.25, 0.3) is 0 Å². The van der Waals surface area contributed by atoms with Crippen LogP contribution in [0.2, 0.25) is 0 Å². The van der Waals surface area contributed by atoms with Gasteiger partial charge in [0.1, 0.15) is 12.2 Å². The van der Waals surface area contributed by atoms with E-state index in [2.05, 4.69) is 0 Å². The fourth-order valence-electron chi connectivity index (χ4n) is 1.36. The zero-order valence-electron chi connectivity index (χ0n) is 8.72. The van der Waals surface area contributed by atoms with Crippen molar-refractivity contribution in [3.63, 3.8) is 0 Å². The zero-order chi connectivity index (χ0) is 12.3. The number of carbonyl (C=O) groups is 1. The van der Waals surface area contributed by atoms with E-state index in [-0.39, 0.29) is 17.9 Å². The summed E-state index contributed by atoms with van der Waals surface area (Å²) in [7, 11) is 0. The van der Waals surface area contributed by atoms with Gasteiger partial charge in [0.15, 0.2) is 11.6 Å². The lowest BCUT2D eigenvalue weighted by molar-refractivity contribution is 0.0690. The van der Waals surface area contributed by atoms with Crippen LogP contribution in [-0.4, -0.2) is 11.1 Å². The summed E-state index contributed by atoms with van der Waals surface area (Å²) >= 11 is 1.47. The van der Waals surface area contributed by atoms with Crippen molar-refractivity contribution in [3.05, 3.63) is 52.0 Å². The third-order valence-corrected chi connectivity index (χ3v) is 2.99. The quantitative estimate of drug-likeness (QED) is 0.909. The molecule has 0 fully saturated rings. The van der Waals surface area contributed by atoms with Crippen LogP contribution < -0.4 is 4.74 Å². The Kier molecular flexibility index (Phi) is 3.39. The molecule has 0 unspecified atom stereocenters. The SMILES string of the molecule is O=C(O)c1cccc(F)c1OCc1cccs1. The predicted molar refractivity (Wildman–Crippen MR) is 62.0 cm³/mol. The van der Waals surface area contributed by atoms with E-state index in [0.717, 1.165) is 4.88 Å². The third kappa shape index (κ3) is 2.62. The number of thiophene rings is 1. The second kappa shape index (κ2) is 4.97. The normalized spacial score (nSPS) is 10.2. The molecule has 2 rings (SSSR count). The monoisotopic (exact) mass is 252 g/mol. The molecule has 88 valence electrons. The Morgan fingerprint density at radius 1 is 1.35 bits per heavy atom. The van der Waals surface area contributed by atoms with Gasteiger partial charge in [0.05, 0.1) is 0 Å². The molecule has 3 nitrogen and oxygen atoms in total. The van der Waals surface area contributed by atoms with Crippen molar-refractivity contribution in [2.75, 3.05) is 0 Å². The van der Waals surface area contributed by atoms with E-state index in [1.165, 1.54) is 29.5 Å². The number of hydrogen-bond acceptors (Lipinski definition) is 3. The number of para-hydroxylation sites is 1. The Morgan fingerprint density at radius 2 is 2.18 bits per heavy atom. The van der Waals surface area contributed by atoms with Gasteiger partial charge in [0.2, 0.25) is 0 Å². The third-order valence-electron chi connectivity index (χ3n) is 2.14. The van der Waals surface area contributed by atoms with Crippen LogP contribution in [0.15, 0.2) is 35.7 Å². The number of carboxylic acids is 1. The molecule has 17 heavy (non-hydrogen) atoms. The molecule has 0 spiro atoms. The molecule has 0 aliphatic rings. The van der Waals surface area contributed by atoms with E-state index in [1.54, 1.807) is 0 Å². The van der Waals surface area contributed by atoms with Crippen molar-refractivity contribution in [3.8, 4) is 5.75 Å². The molecule has 0 aliphatic carbocycles. The standard InChI is InChI=1S/C12H9FO3S/c13-10-5-1-4-9(12(14)15)11(10)16-7-8-3-2-6-17-8/h1-6H,7H2,(H,14,15). The van der Waals surface area contributed by atoms with Crippen molar-refractivity contribution in [2.45, 2.75) is 6.61 Å². The highest BCUT2D eigenvalue weighted by atomic mass is 32.1. The number of carboxylic acid groups (broad SMARTS) is 1. The van der Waals surface area contributed by atoms with Crippen LogP contribution in [0.3, 0.4) is 0 Å². The van der Waals surface area contributed by atoms with Crippen LogP contribution in [0, 0.1) is 5.82 Å². The second-order valence-electron chi connectivity index (χ2n) is 3.29. The fourth-order valence-corrected chi connectivity index (χ4v) is 1.98. The molecule has 0 bridgehead atoms. The average molecular weight is 252 g/mol. The predicted octanol–water partition coefficient (Wildman–Crippen LogP) is 3.16. The lowest BCUT2D eigenvalue weighted by Crippen LogP contribution is -2.04. The van der Waals surface area contributed by atoms with Crippen molar-refractivity contribution in [1.82, 2.24) is 0 Å². The number of aromatic carboxylic acids is 1.